The topological polar surface area (TPSA) is 63.5 Å². The first kappa shape index (κ1) is 15.6. The molecule has 1 amide bonds. The molecule has 126 valence electrons. The van der Waals surface area contributed by atoms with Crippen molar-refractivity contribution in [1.29, 1.82) is 0 Å². The molecule has 0 fully saturated rings. The average molecular weight is 333 g/mol. The summed E-state index contributed by atoms with van der Waals surface area (Å²) in [6, 6.07) is 11.8. The molecule has 4 rings (SSSR count). The predicted molar refractivity (Wildman–Crippen MR) is 95.8 cm³/mol. The zero-order valence-corrected chi connectivity index (χ0v) is 14.0. The molecule has 5 heteroatoms. The summed E-state index contributed by atoms with van der Waals surface area (Å²) in [4.78, 5) is 29.7. The molecule has 0 saturated carbocycles. The highest BCUT2D eigenvalue weighted by molar-refractivity contribution is 5.94. The number of hydrogen-bond donors (Lipinski definition) is 1. The third-order valence-electron chi connectivity index (χ3n) is 4.85. The van der Waals surface area contributed by atoms with Crippen molar-refractivity contribution in [2.24, 2.45) is 0 Å². The molecule has 0 bridgehead atoms. The Labute approximate surface area is 145 Å². The van der Waals surface area contributed by atoms with Crippen LogP contribution in [0.25, 0.3) is 5.65 Å². The molecule has 1 atom stereocenters. The Morgan fingerprint density at radius 3 is 2.96 bits per heavy atom. The lowest BCUT2D eigenvalue weighted by Gasteiger charge is -2.26. The van der Waals surface area contributed by atoms with Crippen molar-refractivity contribution >= 4 is 11.6 Å². The van der Waals surface area contributed by atoms with Gasteiger partial charge in [0.25, 0.3) is 11.5 Å². The van der Waals surface area contributed by atoms with Crippen LogP contribution in [-0.2, 0) is 6.42 Å². The Bertz CT molecular complexity index is 1020. The van der Waals surface area contributed by atoms with Crippen LogP contribution >= 0.6 is 0 Å². The maximum absolute atomic E-state index is 12.7. The van der Waals surface area contributed by atoms with Gasteiger partial charge in [-0.15, -0.1) is 0 Å². The van der Waals surface area contributed by atoms with Crippen molar-refractivity contribution in [3.05, 3.63) is 81.4 Å². The monoisotopic (exact) mass is 333 g/mol. The summed E-state index contributed by atoms with van der Waals surface area (Å²) >= 11 is 0. The minimum atomic E-state index is -0.366. The first-order chi connectivity index (χ1) is 12.1. The molecule has 0 unspecified atom stereocenters. The lowest BCUT2D eigenvalue weighted by molar-refractivity contribution is 0.0930. The molecule has 0 radical (unpaired) electrons. The van der Waals surface area contributed by atoms with E-state index >= 15 is 0 Å². The first-order valence-electron chi connectivity index (χ1n) is 8.51. The number of pyridine rings is 1. The number of carbonyl (C=O) groups excluding carboxylic acids is 1. The van der Waals surface area contributed by atoms with Crippen molar-refractivity contribution in [1.82, 2.24) is 14.7 Å². The number of nitrogens with one attached hydrogen (secondary N) is 1. The summed E-state index contributed by atoms with van der Waals surface area (Å²) in [7, 11) is 0. The fraction of sp³-hybridized carbons (Fsp3) is 0.250. The van der Waals surface area contributed by atoms with Crippen molar-refractivity contribution < 1.29 is 4.79 Å². The minimum Gasteiger partial charge on any atom is -0.345 e. The SMILES string of the molecule is Cc1cccn2c(=O)c(C(=O)N[C@H]3CCCc4ccccc43)cnc12. The maximum atomic E-state index is 12.7. The molecule has 0 saturated heterocycles. The van der Waals surface area contributed by atoms with Crippen LogP contribution in [0.5, 0.6) is 0 Å². The van der Waals surface area contributed by atoms with E-state index in [0.717, 1.165) is 30.4 Å². The van der Waals surface area contributed by atoms with Gasteiger partial charge in [0, 0.05) is 12.4 Å². The summed E-state index contributed by atoms with van der Waals surface area (Å²) < 4.78 is 1.43. The molecule has 1 N–H and O–H groups in total. The van der Waals surface area contributed by atoms with Gasteiger partial charge in [-0.25, -0.2) is 4.98 Å². The second-order valence-electron chi connectivity index (χ2n) is 6.48. The Kier molecular flexibility index (Phi) is 3.84. The molecular formula is C20H19N3O2. The second-order valence-corrected chi connectivity index (χ2v) is 6.48. The highest BCUT2D eigenvalue weighted by Crippen LogP contribution is 2.29. The Morgan fingerprint density at radius 1 is 1.24 bits per heavy atom. The van der Waals surface area contributed by atoms with Gasteiger partial charge in [-0.3, -0.25) is 14.0 Å². The molecule has 0 aliphatic heterocycles. The molecule has 3 aromatic rings. The molecule has 25 heavy (non-hydrogen) atoms. The largest absolute Gasteiger partial charge is 0.345 e. The third-order valence-corrected chi connectivity index (χ3v) is 4.85. The van der Waals surface area contributed by atoms with Crippen LogP contribution in [0.2, 0.25) is 0 Å². The molecule has 1 aliphatic rings. The molecule has 1 aliphatic carbocycles. The third kappa shape index (κ3) is 2.71. The number of aryl methyl sites for hydroxylation is 2. The number of fused-ring (bicyclic) bond motifs is 2. The van der Waals surface area contributed by atoms with Gasteiger partial charge in [0.15, 0.2) is 0 Å². The van der Waals surface area contributed by atoms with Crippen molar-refractivity contribution in [3.63, 3.8) is 0 Å². The molecule has 5 nitrogen and oxygen atoms in total. The second kappa shape index (κ2) is 6.16. The molecule has 0 spiro atoms. The van der Waals surface area contributed by atoms with E-state index in [4.69, 9.17) is 0 Å². The average Bonchev–Trinajstić information content (AvgIpc) is 2.63. The van der Waals surface area contributed by atoms with E-state index in [1.165, 1.54) is 16.2 Å². The zero-order valence-electron chi connectivity index (χ0n) is 14.0. The van der Waals surface area contributed by atoms with E-state index in [0.29, 0.717) is 5.65 Å². The number of carbonyl (C=O) groups is 1. The number of rotatable bonds is 2. The van der Waals surface area contributed by atoms with Crippen LogP contribution in [0.1, 0.15) is 45.9 Å². The maximum Gasteiger partial charge on any atom is 0.270 e. The van der Waals surface area contributed by atoms with Crippen LogP contribution in [0.4, 0.5) is 0 Å². The van der Waals surface area contributed by atoms with Crippen LogP contribution in [-0.4, -0.2) is 15.3 Å². The van der Waals surface area contributed by atoms with E-state index in [2.05, 4.69) is 16.4 Å². The minimum absolute atomic E-state index is 0.0601. The Hall–Kier alpha value is -2.95. The number of amides is 1. The molecule has 1 aromatic carbocycles. The zero-order chi connectivity index (χ0) is 17.4. The van der Waals surface area contributed by atoms with Crippen molar-refractivity contribution in [3.8, 4) is 0 Å². The van der Waals surface area contributed by atoms with Crippen LogP contribution in [0.15, 0.2) is 53.6 Å². The fourth-order valence-corrected chi connectivity index (χ4v) is 3.54. The van der Waals surface area contributed by atoms with Gasteiger partial charge >= 0.3 is 0 Å². The van der Waals surface area contributed by atoms with E-state index in [1.807, 2.05) is 31.2 Å². The summed E-state index contributed by atoms with van der Waals surface area (Å²) in [6.07, 6.45) is 5.96. The normalized spacial score (nSPS) is 16.4. The van der Waals surface area contributed by atoms with Gasteiger partial charge in [-0.2, -0.15) is 0 Å². The Balaban J connectivity index is 1.68. The number of hydrogen-bond acceptors (Lipinski definition) is 3. The smallest absolute Gasteiger partial charge is 0.270 e. The summed E-state index contributed by atoms with van der Waals surface area (Å²) in [6.45, 7) is 1.89. The van der Waals surface area contributed by atoms with Gasteiger partial charge in [-0.1, -0.05) is 30.3 Å². The van der Waals surface area contributed by atoms with Gasteiger partial charge in [0.2, 0.25) is 0 Å². The Morgan fingerprint density at radius 2 is 2.08 bits per heavy atom. The molecular weight excluding hydrogens is 314 g/mol. The number of benzene rings is 1. The quantitative estimate of drug-likeness (QED) is 0.784. The van der Waals surface area contributed by atoms with E-state index in [1.54, 1.807) is 12.3 Å². The highest BCUT2D eigenvalue weighted by Gasteiger charge is 2.23. The van der Waals surface area contributed by atoms with Gasteiger partial charge in [-0.05, 0) is 48.9 Å². The summed E-state index contributed by atoms with van der Waals surface area (Å²) in [5.74, 6) is -0.366. The van der Waals surface area contributed by atoms with Crippen LogP contribution in [0.3, 0.4) is 0 Å². The lowest BCUT2D eigenvalue weighted by Crippen LogP contribution is -2.35. The van der Waals surface area contributed by atoms with E-state index < -0.39 is 0 Å². The summed E-state index contributed by atoms with van der Waals surface area (Å²) in [5, 5.41) is 3.02. The van der Waals surface area contributed by atoms with Gasteiger partial charge in [0.05, 0.1) is 6.04 Å². The van der Waals surface area contributed by atoms with Gasteiger partial charge in [0.1, 0.15) is 11.2 Å². The molecule has 2 aromatic heterocycles. The van der Waals surface area contributed by atoms with Gasteiger partial charge < -0.3 is 5.32 Å². The standard InChI is InChI=1S/C20H19N3O2/c1-13-6-5-11-23-18(13)21-12-16(20(23)25)19(24)22-17-10-4-8-14-7-2-3-9-15(14)17/h2-3,5-7,9,11-12,17H,4,8,10H2,1H3,(H,22,24)/t17-/m0/s1. The van der Waals surface area contributed by atoms with Crippen LogP contribution < -0.4 is 10.9 Å². The lowest BCUT2D eigenvalue weighted by atomic mass is 9.87. The van der Waals surface area contributed by atoms with Crippen LogP contribution in [0, 0.1) is 6.92 Å². The molecule has 2 heterocycles. The number of aromatic nitrogens is 2. The van der Waals surface area contributed by atoms with Crippen molar-refractivity contribution in [2.45, 2.75) is 32.2 Å². The van der Waals surface area contributed by atoms with E-state index in [-0.39, 0.29) is 23.1 Å². The fourth-order valence-electron chi connectivity index (χ4n) is 3.54. The van der Waals surface area contributed by atoms with Crippen molar-refractivity contribution in [2.75, 3.05) is 0 Å². The first-order valence-corrected chi connectivity index (χ1v) is 8.51. The number of nitrogens with zero attached hydrogens (tertiary/aromatic N) is 2. The van der Waals surface area contributed by atoms with E-state index in [9.17, 15) is 9.59 Å². The predicted octanol–water partition coefficient (Wildman–Crippen LogP) is 2.81. The highest BCUT2D eigenvalue weighted by atomic mass is 16.2. The summed E-state index contributed by atoms with van der Waals surface area (Å²) in [5.41, 5.74) is 3.62.